The van der Waals surface area contributed by atoms with E-state index in [1.165, 1.54) is 6.42 Å². The van der Waals surface area contributed by atoms with Crippen molar-refractivity contribution in [3.8, 4) is 0 Å². The molecule has 0 aromatic heterocycles. The number of hydrogen-bond donors (Lipinski definition) is 1. The van der Waals surface area contributed by atoms with Crippen molar-refractivity contribution in [1.29, 1.82) is 0 Å². The normalized spacial score (nSPS) is 19.9. The molecule has 70 valence electrons. The number of hydrogen-bond acceptors (Lipinski definition) is 2. The van der Waals surface area contributed by atoms with Crippen molar-refractivity contribution in [3.63, 3.8) is 0 Å². The maximum absolute atomic E-state index is 11.5. The third kappa shape index (κ3) is 1.78. The van der Waals surface area contributed by atoms with E-state index in [1.807, 2.05) is 18.9 Å². The van der Waals surface area contributed by atoms with Gasteiger partial charge in [0.25, 0.3) is 0 Å². The van der Waals surface area contributed by atoms with Crippen molar-refractivity contribution < 1.29 is 4.79 Å². The summed E-state index contributed by atoms with van der Waals surface area (Å²) in [6, 6.07) is 0.172. The number of carbonyl (C=O) groups excluding carboxylic acids is 1. The second-order valence-corrected chi connectivity index (χ2v) is 3.55. The second kappa shape index (κ2) is 3.90. The summed E-state index contributed by atoms with van der Waals surface area (Å²) in [6.45, 7) is 1.94. The molecule has 0 bridgehead atoms. The van der Waals surface area contributed by atoms with Gasteiger partial charge in [-0.3, -0.25) is 4.79 Å². The minimum absolute atomic E-state index is 0.0993. The van der Waals surface area contributed by atoms with Gasteiger partial charge in [0.1, 0.15) is 0 Å². The van der Waals surface area contributed by atoms with Crippen molar-refractivity contribution in [2.45, 2.75) is 44.7 Å². The predicted octanol–water partition coefficient (Wildman–Crippen LogP) is 0.735. The van der Waals surface area contributed by atoms with Gasteiger partial charge in [-0.05, 0) is 25.7 Å². The van der Waals surface area contributed by atoms with E-state index in [4.69, 9.17) is 5.73 Å². The highest BCUT2D eigenvalue weighted by atomic mass is 16.2. The first-order valence-corrected chi connectivity index (χ1v) is 4.69. The van der Waals surface area contributed by atoms with E-state index in [2.05, 4.69) is 0 Å². The molecule has 3 heteroatoms. The molecule has 1 fully saturated rings. The van der Waals surface area contributed by atoms with Crippen molar-refractivity contribution >= 4 is 5.91 Å². The third-order valence-corrected chi connectivity index (χ3v) is 2.73. The number of rotatable bonds is 3. The van der Waals surface area contributed by atoms with Gasteiger partial charge in [0.05, 0.1) is 6.04 Å². The van der Waals surface area contributed by atoms with Gasteiger partial charge in [0.15, 0.2) is 0 Å². The van der Waals surface area contributed by atoms with Crippen LogP contribution in [0.4, 0.5) is 0 Å². The Morgan fingerprint density at radius 1 is 1.67 bits per heavy atom. The number of likely N-dealkylation sites (N-methyl/N-ethyl adjacent to an activating group) is 1. The number of carbonyl (C=O) groups is 1. The summed E-state index contributed by atoms with van der Waals surface area (Å²) in [5.74, 6) is 0.0993. The van der Waals surface area contributed by atoms with Crippen molar-refractivity contribution in [3.05, 3.63) is 0 Å². The van der Waals surface area contributed by atoms with Gasteiger partial charge in [-0.2, -0.15) is 0 Å². The Labute approximate surface area is 73.9 Å². The van der Waals surface area contributed by atoms with Gasteiger partial charge < -0.3 is 10.6 Å². The summed E-state index contributed by atoms with van der Waals surface area (Å²) < 4.78 is 0. The van der Waals surface area contributed by atoms with Crippen LogP contribution < -0.4 is 5.73 Å². The van der Waals surface area contributed by atoms with Crippen LogP contribution in [0, 0.1) is 0 Å². The monoisotopic (exact) mass is 170 g/mol. The molecule has 1 saturated carbocycles. The van der Waals surface area contributed by atoms with Crippen LogP contribution in [0.15, 0.2) is 0 Å². The minimum Gasteiger partial charge on any atom is -0.341 e. The first kappa shape index (κ1) is 9.52. The molecule has 1 rings (SSSR count). The average molecular weight is 170 g/mol. The van der Waals surface area contributed by atoms with Gasteiger partial charge in [-0.1, -0.05) is 6.92 Å². The molecule has 0 radical (unpaired) electrons. The molecule has 2 N–H and O–H groups in total. The summed E-state index contributed by atoms with van der Waals surface area (Å²) in [6.07, 6.45) is 4.29. The highest BCUT2D eigenvalue weighted by Gasteiger charge is 2.27. The molecule has 0 spiro atoms. The molecule has 12 heavy (non-hydrogen) atoms. The van der Waals surface area contributed by atoms with Crippen LogP contribution in [0.5, 0.6) is 0 Å². The highest BCUT2D eigenvalue weighted by molar-refractivity contribution is 5.81. The summed E-state index contributed by atoms with van der Waals surface area (Å²) in [5, 5.41) is 0. The zero-order valence-corrected chi connectivity index (χ0v) is 7.92. The fourth-order valence-corrected chi connectivity index (χ4v) is 1.39. The number of nitrogens with two attached hydrogens (primary N) is 1. The fraction of sp³-hybridized carbons (Fsp3) is 0.889. The lowest BCUT2D eigenvalue weighted by atomic mass is 9.91. The van der Waals surface area contributed by atoms with Crippen LogP contribution in [0.3, 0.4) is 0 Å². The number of nitrogens with zero attached hydrogens (tertiary/aromatic N) is 1. The van der Waals surface area contributed by atoms with E-state index in [0.29, 0.717) is 6.04 Å². The molecule has 0 aliphatic heterocycles. The third-order valence-electron chi connectivity index (χ3n) is 2.73. The van der Waals surface area contributed by atoms with Crippen molar-refractivity contribution in [2.75, 3.05) is 7.05 Å². The Morgan fingerprint density at radius 3 is 2.58 bits per heavy atom. The quantitative estimate of drug-likeness (QED) is 0.679. The molecule has 1 unspecified atom stereocenters. The standard InChI is InChI=1S/C9H18N2O/c1-3-8(10)9(12)11(2)7-5-4-6-7/h7-8H,3-6,10H2,1-2H3. The Bertz CT molecular complexity index is 166. The summed E-state index contributed by atoms with van der Waals surface area (Å²) in [5.41, 5.74) is 5.64. The molecule has 0 heterocycles. The van der Waals surface area contributed by atoms with Gasteiger partial charge in [-0.15, -0.1) is 0 Å². The molecule has 1 amide bonds. The summed E-state index contributed by atoms with van der Waals surface area (Å²) in [4.78, 5) is 13.3. The van der Waals surface area contributed by atoms with Crippen LogP contribution in [0.2, 0.25) is 0 Å². The summed E-state index contributed by atoms with van der Waals surface area (Å²) in [7, 11) is 1.86. The van der Waals surface area contributed by atoms with Crippen LogP contribution in [0.25, 0.3) is 0 Å². The SMILES string of the molecule is CCC(N)C(=O)N(C)C1CCC1. The Morgan fingerprint density at radius 2 is 2.25 bits per heavy atom. The molecule has 0 aromatic carbocycles. The zero-order chi connectivity index (χ0) is 9.14. The van der Waals surface area contributed by atoms with Gasteiger partial charge in [-0.25, -0.2) is 0 Å². The lowest BCUT2D eigenvalue weighted by Crippen LogP contribution is -2.48. The van der Waals surface area contributed by atoms with Crippen molar-refractivity contribution in [2.24, 2.45) is 5.73 Å². The van der Waals surface area contributed by atoms with E-state index in [-0.39, 0.29) is 11.9 Å². The summed E-state index contributed by atoms with van der Waals surface area (Å²) >= 11 is 0. The molecule has 3 nitrogen and oxygen atoms in total. The topological polar surface area (TPSA) is 46.3 Å². The second-order valence-electron chi connectivity index (χ2n) is 3.55. The fourth-order valence-electron chi connectivity index (χ4n) is 1.39. The predicted molar refractivity (Wildman–Crippen MR) is 48.7 cm³/mol. The van der Waals surface area contributed by atoms with Crippen LogP contribution >= 0.6 is 0 Å². The van der Waals surface area contributed by atoms with E-state index < -0.39 is 0 Å². The molecule has 1 atom stereocenters. The Hall–Kier alpha value is -0.570. The Kier molecular flexibility index (Phi) is 3.09. The van der Waals surface area contributed by atoms with Crippen molar-refractivity contribution in [1.82, 2.24) is 4.90 Å². The average Bonchev–Trinajstić information content (AvgIpc) is 1.98. The van der Waals surface area contributed by atoms with Gasteiger partial charge in [0, 0.05) is 13.1 Å². The molecule has 0 saturated heterocycles. The smallest absolute Gasteiger partial charge is 0.239 e. The largest absolute Gasteiger partial charge is 0.341 e. The van der Waals surface area contributed by atoms with E-state index in [1.54, 1.807) is 0 Å². The Balaban J connectivity index is 2.39. The van der Waals surface area contributed by atoms with Crippen LogP contribution in [-0.2, 0) is 4.79 Å². The zero-order valence-electron chi connectivity index (χ0n) is 7.92. The first-order valence-electron chi connectivity index (χ1n) is 4.69. The maximum Gasteiger partial charge on any atom is 0.239 e. The maximum atomic E-state index is 11.5. The number of amides is 1. The van der Waals surface area contributed by atoms with E-state index in [0.717, 1.165) is 19.3 Å². The van der Waals surface area contributed by atoms with Crippen LogP contribution in [0.1, 0.15) is 32.6 Å². The van der Waals surface area contributed by atoms with E-state index >= 15 is 0 Å². The van der Waals surface area contributed by atoms with Gasteiger partial charge in [0.2, 0.25) is 5.91 Å². The molecule has 1 aliphatic rings. The highest BCUT2D eigenvalue weighted by Crippen LogP contribution is 2.23. The molecular formula is C9H18N2O. The lowest BCUT2D eigenvalue weighted by molar-refractivity contribution is -0.134. The van der Waals surface area contributed by atoms with E-state index in [9.17, 15) is 4.79 Å². The lowest BCUT2D eigenvalue weighted by Gasteiger charge is -2.35. The minimum atomic E-state index is -0.296. The molecular weight excluding hydrogens is 152 g/mol. The molecule has 0 aromatic rings. The van der Waals surface area contributed by atoms with Gasteiger partial charge >= 0.3 is 0 Å². The first-order chi connectivity index (χ1) is 5.66. The van der Waals surface area contributed by atoms with Crippen LogP contribution in [-0.4, -0.2) is 29.9 Å². The molecule has 1 aliphatic carbocycles.